The van der Waals surface area contributed by atoms with Gasteiger partial charge < -0.3 is 5.32 Å². The fourth-order valence-electron chi connectivity index (χ4n) is 3.93. The molecule has 1 aliphatic heterocycles. The van der Waals surface area contributed by atoms with Crippen LogP contribution in [-0.4, -0.2) is 23.4 Å². The number of benzene rings is 3. The van der Waals surface area contributed by atoms with Gasteiger partial charge in [-0.1, -0.05) is 84.9 Å². The molecule has 1 N–H and O–H groups in total. The smallest absolute Gasteiger partial charge is 0.237 e. The summed E-state index contributed by atoms with van der Waals surface area (Å²) in [6.45, 7) is 3.75. The van der Waals surface area contributed by atoms with Crippen molar-refractivity contribution in [2.45, 2.75) is 32.0 Å². The van der Waals surface area contributed by atoms with Crippen molar-refractivity contribution < 1.29 is 4.79 Å². The first-order valence-corrected chi connectivity index (χ1v) is 9.93. The van der Waals surface area contributed by atoms with Gasteiger partial charge in [-0.05, 0) is 35.6 Å². The molecule has 0 fully saturated rings. The van der Waals surface area contributed by atoms with Gasteiger partial charge in [0, 0.05) is 13.1 Å². The molecule has 0 saturated carbocycles. The molecule has 4 rings (SSSR count). The Hall–Kier alpha value is -2.91. The molecule has 0 radical (unpaired) electrons. The van der Waals surface area contributed by atoms with Crippen molar-refractivity contribution in [3.63, 3.8) is 0 Å². The summed E-state index contributed by atoms with van der Waals surface area (Å²) in [5.41, 5.74) is 4.92. The van der Waals surface area contributed by atoms with Crippen molar-refractivity contribution in [3.8, 4) is 0 Å². The van der Waals surface area contributed by atoms with Gasteiger partial charge in [0.25, 0.3) is 0 Å². The number of amides is 1. The SMILES string of the molecule is CC(C(=O)NC(c1ccccc1)c1ccccc1)N1CCc2ccccc2C1. The van der Waals surface area contributed by atoms with Crippen LogP contribution in [0.5, 0.6) is 0 Å². The summed E-state index contributed by atoms with van der Waals surface area (Å²) >= 11 is 0. The van der Waals surface area contributed by atoms with Crippen LogP contribution in [0.4, 0.5) is 0 Å². The fraction of sp³-hybridized carbons (Fsp3) is 0.240. The molecule has 0 aliphatic carbocycles. The largest absolute Gasteiger partial charge is 0.344 e. The van der Waals surface area contributed by atoms with Crippen LogP contribution in [0.15, 0.2) is 84.9 Å². The molecule has 1 aliphatic rings. The van der Waals surface area contributed by atoms with Gasteiger partial charge in [-0.3, -0.25) is 9.69 Å². The van der Waals surface area contributed by atoms with Crippen molar-refractivity contribution in [1.29, 1.82) is 0 Å². The molecule has 1 amide bonds. The van der Waals surface area contributed by atoms with Crippen LogP contribution < -0.4 is 5.32 Å². The van der Waals surface area contributed by atoms with Gasteiger partial charge in [-0.2, -0.15) is 0 Å². The zero-order valence-electron chi connectivity index (χ0n) is 16.2. The lowest BCUT2D eigenvalue weighted by atomic mass is 9.97. The number of nitrogens with one attached hydrogen (secondary N) is 1. The van der Waals surface area contributed by atoms with E-state index >= 15 is 0 Å². The van der Waals surface area contributed by atoms with E-state index in [2.05, 4.69) is 58.7 Å². The first-order valence-electron chi connectivity index (χ1n) is 9.93. The van der Waals surface area contributed by atoms with Crippen molar-refractivity contribution in [2.75, 3.05) is 6.54 Å². The van der Waals surface area contributed by atoms with Gasteiger partial charge in [0.1, 0.15) is 0 Å². The molecule has 0 bridgehead atoms. The molecule has 1 heterocycles. The fourth-order valence-corrected chi connectivity index (χ4v) is 3.93. The number of fused-ring (bicyclic) bond motifs is 1. The van der Waals surface area contributed by atoms with Crippen LogP contribution >= 0.6 is 0 Å². The summed E-state index contributed by atoms with van der Waals surface area (Å²) in [6, 6.07) is 28.6. The Bertz CT molecular complexity index is 884. The predicted molar refractivity (Wildman–Crippen MR) is 113 cm³/mol. The predicted octanol–water partition coefficient (Wildman–Crippen LogP) is 4.34. The number of rotatable bonds is 5. The molecule has 0 saturated heterocycles. The van der Waals surface area contributed by atoms with Crippen molar-refractivity contribution >= 4 is 5.91 Å². The zero-order chi connectivity index (χ0) is 19.3. The van der Waals surface area contributed by atoms with E-state index in [0.29, 0.717) is 0 Å². The number of carbonyl (C=O) groups excluding carboxylic acids is 1. The van der Waals surface area contributed by atoms with E-state index in [1.54, 1.807) is 0 Å². The molecule has 3 aromatic rings. The van der Waals surface area contributed by atoms with Crippen LogP contribution in [0.25, 0.3) is 0 Å². The third kappa shape index (κ3) is 4.00. The minimum Gasteiger partial charge on any atom is -0.344 e. The highest BCUT2D eigenvalue weighted by Crippen LogP contribution is 2.24. The number of hydrogen-bond acceptors (Lipinski definition) is 2. The molecule has 3 nitrogen and oxygen atoms in total. The maximum atomic E-state index is 13.2. The van der Waals surface area contributed by atoms with E-state index in [1.165, 1.54) is 11.1 Å². The Labute approximate surface area is 167 Å². The second-order valence-corrected chi connectivity index (χ2v) is 7.43. The summed E-state index contributed by atoms with van der Waals surface area (Å²) in [7, 11) is 0. The van der Waals surface area contributed by atoms with E-state index in [4.69, 9.17) is 0 Å². The number of carbonyl (C=O) groups is 1. The highest BCUT2D eigenvalue weighted by molar-refractivity contribution is 5.82. The van der Waals surface area contributed by atoms with Crippen molar-refractivity contribution in [2.24, 2.45) is 0 Å². The molecule has 1 atom stereocenters. The quantitative estimate of drug-likeness (QED) is 0.725. The summed E-state index contributed by atoms with van der Waals surface area (Å²) in [4.78, 5) is 15.4. The number of nitrogens with zero attached hydrogens (tertiary/aromatic N) is 1. The van der Waals surface area contributed by atoms with E-state index < -0.39 is 0 Å². The summed E-state index contributed by atoms with van der Waals surface area (Å²) < 4.78 is 0. The maximum Gasteiger partial charge on any atom is 0.237 e. The maximum absolute atomic E-state index is 13.2. The van der Waals surface area contributed by atoms with Crippen LogP contribution in [0, 0.1) is 0 Å². The molecule has 0 aromatic heterocycles. The second kappa shape index (κ2) is 8.41. The molecule has 142 valence electrons. The van der Waals surface area contributed by atoms with Gasteiger partial charge >= 0.3 is 0 Å². The Kier molecular flexibility index (Phi) is 5.54. The van der Waals surface area contributed by atoms with Crippen molar-refractivity contribution in [3.05, 3.63) is 107 Å². The molecule has 3 aromatic carbocycles. The zero-order valence-corrected chi connectivity index (χ0v) is 16.2. The Balaban J connectivity index is 1.52. The monoisotopic (exact) mass is 370 g/mol. The molecule has 28 heavy (non-hydrogen) atoms. The van der Waals surface area contributed by atoms with Crippen LogP contribution in [0.2, 0.25) is 0 Å². The Morgan fingerprint density at radius 1 is 0.821 bits per heavy atom. The highest BCUT2D eigenvalue weighted by atomic mass is 16.2. The number of hydrogen-bond donors (Lipinski definition) is 1. The third-order valence-electron chi connectivity index (χ3n) is 5.64. The van der Waals surface area contributed by atoms with E-state index in [9.17, 15) is 4.79 Å². The second-order valence-electron chi connectivity index (χ2n) is 7.43. The van der Waals surface area contributed by atoms with Gasteiger partial charge in [-0.25, -0.2) is 0 Å². The molecule has 0 spiro atoms. The summed E-state index contributed by atoms with van der Waals surface area (Å²) in [6.07, 6.45) is 0.995. The molecule has 3 heteroatoms. The van der Waals surface area contributed by atoms with Gasteiger partial charge in [0.2, 0.25) is 5.91 Å². The first-order chi connectivity index (χ1) is 13.7. The van der Waals surface area contributed by atoms with Gasteiger partial charge in [-0.15, -0.1) is 0 Å². The lowest BCUT2D eigenvalue weighted by Crippen LogP contribution is -2.48. The average molecular weight is 370 g/mol. The first kappa shape index (κ1) is 18.5. The summed E-state index contributed by atoms with van der Waals surface area (Å²) in [5.74, 6) is 0.0667. The van der Waals surface area contributed by atoms with E-state index in [1.807, 2.05) is 43.3 Å². The average Bonchev–Trinajstić information content (AvgIpc) is 2.77. The summed E-state index contributed by atoms with van der Waals surface area (Å²) in [5, 5.41) is 3.29. The molecular formula is C25H26N2O. The lowest BCUT2D eigenvalue weighted by Gasteiger charge is -2.34. The standard InChI is InChI=1S/C25H26N2O/c1-19(27-17-16-20-10-8-9-15-23(20)18-27)25(28)26-24(21-11-4-2-5-12-21)22-13-6-3-7-14-22/h2-15,19,24H,16-18H2,1H3,(H,26,28). The highest BCUT2D eigenvalue weighted by Gasteiger charge is 2.27. The molecule has 1 unspecified atom stereocenters. The van der Waals surface area contributed by atoms with Crippen LogP contribution in [0.3, 0.4) is 0 Å². The van der Waals surface area contributed by atoms with Gasteiger partial charge in [0.15, 0.2) is 0 Å². The molecular weight excluding hydrogens is 344 g/mol. The minimum atomic E-state index is -0.178. The van der Waals surface area contributed by atoms with Crippen molar-refractivity contribution in [1.82, 2.24) is 10.2 Å². The lowest BCUT2D eigenvalue weighted by molar-refractivity contribution is -0.126. The minimum absolute atomic E-state index is 0.0667. The van der Waals surface area contributed by atoms with E-state index in [-0.39, 0.29) is 18.0 Å². The topological polar surface area (TPSA) is 32.3 Å². The Morgan fingerprint density at radius 3 is 1.96 bits per heavy atom. The van der Waals surface area contributed by atoms with Crippen LogP contribution in [0.1, 0.15) is 35.2 Å². The van der Waals surface area contributed by atoms with Gasteiger partial charge in [0.05, 0.1) is 12.1 Å². The van der Waals surface area contributed by atoms with E-state index in [0.717, 1.165) is 30.6 Å². The third-order valence-corrected chi connectivity index (χ3v) is 5.64. The van der Waals surface area contributed by atoms with Crippen LogP contribution in [-0.2, 0) is 17.8 Å². The normalized spacial score (nSPS) is 15.1. The Morgan fingerprint density at radius 2 is 1.36 bits per heavy atom.